The van der Waals surface area contributed by atoms with Gasteiger partial charge in [0.05, 0.1) is 0 Å². The molecule has 0 saturated carbocycles. The van der Waals surface area contributed by atoms with Crippen LogP contribution in [0.5, 0.6) is 5.75 Å². The lowest BCUT2D eigenvalue weighted by atomic mass is 10.2. The fraction of sp³-hybridized carbons (Fsp3) is 0.333. The van der Waals surface area contributed by atoms with Gasteiger partial charge in [0.15, 0.2) is 11.6 Å². The fourth-order valence-corrected chi connectivity index (χ4v) is 1.16. The van der Waals surface area contributed by atoms with E-state index in [2.05, 4.69) is 17.2 Å². The Morgan fingerprint density at radius 1 is 1.47 bits per heavy atom. The van der Waals surface area contributed by atoms with Gasteiger partial charge in [-0.2, -0.15) is 0 Å². The van der Waals surface area contributed by atoms with Crippen LogP contribution < -0.4 is 10.1 Å². The Morgan fingerprint density at radius 3 is 2.87 bits per heavy atom. The van der Waals surface area contributed by atoms with Crippen LogP contribution >= 0.6 is 0 Å². The summed E-state index contributed by atoms with van der Waals surface area (Å²) in [6.45, 7) is 2.58. The molecule has 0 radical (unpaired) electrons. The summed E-state index contributed by atoms with van der Waals surface area (Å²) in [6.07, 6.45) is 0. The van der Waals surface area contributed by atoms with Crippen LogP contribution in [0.4, 0.5) is 4.39 Å². The van der Waals surface area contributed by atoms with Crippen molar-refractivity contribution in [2.24, 2.45) is 0 Å². The van der Waals surface area contributed by atoms with Crippen LogP contribution in [0.2, 0.25) is 0 Å². The quantitative estimate of drug-likeness (QED) is 0.762. The number of ether oxygens (including phenoxy) is 1. The van der Waals surface area contributed by atoms with Gasteiger partial charge in [0, 0.05) is 6.54 Å². The van der Waals surface area contributed by atoms with Crippen LogP contribution in [0.25, 0.3) is 0 Å². The third kappa shape index (κ3) is 3.61. The molecule has 0 aliphatic rings. The molecule has 1 aromatic rings. The predicted octanol–water partition coefficient (Wildman–Crippen LogP) is 1.95. The Bertz CT molecular complexity index is 379. The van der Waals surface area contributed by atoms with E-state index < -0.39 is 0 Å². The van der Waals surface area contributed by atoms with Gasteiger partial charge in [0.1, 0.15) is 6.61 Å². The first-order chi connectivity index (χ1) is 7.27. The van der Waals surface area contributed by atoms with Crippen molar-refractivity contribution >= 4 is 0 Å². The van der Waals surface area contributed by atoms with Crippen molar-refractivity contribution in [3.05, 3.63) is 29.6 Å². The lowest BCUT2D eigenvalue weighted by molar-refractivity contribution is 0.347. The molecule has 0 saturated heterocycles. The van der Waals surface area contributed by atoms with Gasteiger partial charge in [-0.1, -0.05) is 12.0 Å². The minimum Gasteiger partial charge on any atom is -0.478 e. The summed E-state index contributed by atoms with van der Waals surface area (Å²) in [5.41, 5.74) is 0.893. The zero-order valence-corrected chi connectivity index (χ0v) is 8.93. The van der Waals surface area contributed by atoms with Gasteiger partial charge in [0.2, 0.25) is 0 Å². The highest BCUT2D eigenvalue weighted by molar-refractivity contribution is 5.29. The molecule has 0 aliphatic heterocycles. The number of halogens is 1. The monoisotopic (exact) mass is 207 g/mol. The Kier molecular flexibility index (Phi) is 4.65. The molecular formula is C12H14FNO. The molecule has 0 unspecified atom stereocenters. The van der Waals surface area contributed by atoms with Crippen molar-refractivity contribution in [2.75, 3.05) is 13.7 Å². The second kappa shape index (κ2) is 6.05. The van der Waals surface area contributed by atoms with Crippen molar-refractivity contribution in [3.63, 3.8) is 0 Å². The van der Waals surface area contributed by atoms with E-state index in [0.29, 0.717) is 6.54 Å². The Morgan fingerprint density at radius 2 is 2.27 bits per heavy atom. The summed E-state index contributed by atoms with van der Waals surface area (Å²) in [5, 5.41) is 2.95. The molecule has 3 heteroatoms. The number of benzene rings is 1. The first-order valence-electron chi connectivity index (χ1n) is 4.73. The molecule has 0 atom stereocenters. The van der Waals surface area contributed by atoms with E-state index in [9.17, 15) is 4.39 Å². The van der Waals surface area contributed by atoms with E-state index in [1.807, 2.05) is 13.1 Å². The molecular weight excluding hydrogens is 193 g/mol. The number of hydrogen-bond donors (Lipinski definition) is 1. The van der Waals surface area contributed by atoms with Crippen molar-refractivity contribution in [1.82, 2.24) is 5.32 Å². The van der Waals surface area contributed by atoms with Gasteiger partial charge in [-0.25, -0.2) is 4.39 Å². The lowest BCUT2D eigenvalue weighted by Gasteiger charge is -2.05. The van der Waals surface area contributed by atoms with Gasteiger partial charge in [-0.05, 0) is 31.7 Å². The molecule has 0 amide bonds. The number of hydrogen-bond acceptors (Lipinski definition) is 2. The number of rotatable bonds is 4. The van der Waals surface area contributed by atoms with Crippen LogP contribution in [-0.4, -0.2) is 13.7 Å². The SMILES string of the molecule is CC#CCOc1ccc(CNC)cc1F. The van der Waals surface area contributed by atoms with Gasteiger partial charge in [-0.3, -0.25) is 0 Å². The summed E-state index contributed by atoms with van der Waals surface area (Å²) < 4.78 is 18.5. The minimum atomic E-state index is -0.347. The molecule has 0 bridgehead atoms. The smallest absolute Gasteiger partial charge is 0.165 e. The Labute approximate surface area is 89.4 Å². The molecule has 80 valence electrons. The van der Waals surface area contributed by atoms with Crippen molar-refractivity contribution < 1.29 is 9.13 Å². The molecule has 15 heavy (non-hydrogen) atoms. The van der Waals surface area contributed by atoms with Crippen molar-refractivity contribution in [3.8, 4) is 17.6 Å². The second-order valence-electron chi connectivity index (χ2n) is 3.01. The molecule has 0 heterocycles. The highest BCUT2D eigenvalue weighted by Gasteiger charge is 2.03. The van der Waals surface area contributed by atoms with Crippen molar-refractivity contribution in [1.29, 1.82) is 0 Å². The third-order valence-electron chi connectivity index (χ3n) is 1.85. The zero-order valence-electron chi connectivity index (χ0n) is 8.93. The highest BCUT2D eigenvalue weighted by Crippen LogP contribution is 2.17. The largest absolute Gasteiger partial charge is 0.478 e. The zero-order chi connectivity index (χ0) is 11.1. The molecule has 0 aromatic heterocycles. The maximum atomic E-state index is 13.4. The van der Waals surface area contributed by atoms with E-state index in [0.717, 1.165) is 5.56 Å². The van der Waals surface area contributed by atoms with Crippen LogP contribution in [-0.2, 0) is 6.54 Å². The average molecular weight is 207 g/mol. The Hall–Kier alpha value is -1.53. The van der Waals surface area contributed by atoms with E-state index in [-0.39, 0.29) is 18.2 Å². The predicted molar refractivity (Wildman–Crippen MR) is 58.1 cm³/mol. The summed E-state index contributed by atoms with van der Waals surface area (Å²) in [7, 11) is 1.82. The maximum Gasteiger partial charge on any atom is 0.165 e. The average Bonchev–Trinajstić information content (AvgIpc) is 2.22. The van der Waals surface area contributed by atoms with E-state index in [1.165, 1.54) is 6.07 Å². The van der Waals surface area contributed by atoms with Gasteiger partial charge < -0.3 is 10.1 Å². The molecule has 0 spiro atoms. The standard InChI is InChI=1S/C12H14FNO/c1-3-4-7-15-12-6-5-10(9-14-2)8-11(12)13/h5-6,8,14H,7,9H2,1-2H3. The summed E-state index contributed by atoms with van der Waals surface area (Å²) in [5.74, 6) is 5.30. The number of nitrogens with one attached hydrogen (secondary N) is 1. The van der Waals surface area contributed by atoms with Gasteiger partial charge >= 0.3 is 0 Å². The van der Waals surface area contributed by atoms with Crippen LogP contribution in [0.1, 0.15) is 12.5 Å². The first kappa shape index (κ1) is 11.5. The van der Waals surface area contributed by atoms with Gasteiger partial charge in [-0.15, -0.1) is 5.92 Å². The van der Waals surface area contributed by atoms with Crippen molar-refractivity contribution in [2.45, 2.75) is 13.5 Å². The van der Waals surface area contributed by atoms with E-state index in [1.54, 1.807) is 13.0 Å². The summed E-state index contributed by atoms with van der Waals surface area (Å²) in [4.78, 5) is 0. The summed E-state index contributed by atoms with van der Waals surface area (Å²) >= 11 is 0. The molecule has 1 rings (SSSR count). The third-order valence-corrected chi connectivity index (χ3v) is 1.85. The maximum absolute atomic E-state index is 13.4. The normalized spacial score (nSPS) is 9.27. The van der Waals surface area contributed by atoms with Gasteiger partial charge in [0.25, 0.3) is 0 Å². The molecule has 0 fully saturated rings. The first-order valence-corrected chi connectivity index (χ1v) is 4.73. The fourth-order valence-electron chi connectivity index (χ4n) is 1.16. The molecule has 1 aromatic carbocycles. The summed E-state index contributed by atoms with van der Waals surface area (Å²) in [6, 6.07) is 4.92. The highest BCUT2D eigenvalue weighted by atomic mass is 19.1. The molecule has 1 N–H and O–H groups in total. The molecule has 0 aliphatic carbocycles. The lowest BCUT2D eigenvalue weighted by Crippen LogP contribution is -2.05. The van der Waals surface area contributed by atoms with E-state index >= 15 is 0 Å². The second-order valence-corrected chi connectivity index (χ2v) is 3.01. The van der Waals surface area contributed by atoms with E-state index in [4.69, 9.17) is 4.74 Å². The van der Waals surface area contributed by atoms with Crippen LogP contribution in [0.15, 0.2) is 18.2 Å². The Balaban J connectivity index is 2.68. The van der Waals surface area contributed by atoms with Crippen LogP contribution in [0.3, 0.4) is 0 Å². The minimum absolute atomic E-state index is 0.221. The van der Waals surface area contributed by atoms with Crippen LogP contribution in [0, 0.1) is 17.7 Å². The molecule has 2 nitrogen and oxygen atoms in total. The topological polar surface area (TPSA) is 21.3 Å².